The molecule has 0 aliphatic carbocycles. The molecule has 1 aliphatic heterocycles. The fraction of sp³-hybridized carbons (Fsp3) is 0.500. The van der Waals surface area contributed by atoms with Crippen LogP contribution in [-0.4, -0.2) is 13.9 Å². The van der Waals surface area contributed by atoms with Gasteiger partial charge in [0.1, 0.15) is 0 Å². The maximum atomic E-state index is 12.3. The number of nitrogens with zero attached hydrogens (tertiary/aromatic N) is 6. The van der Waals surface area contributed by atoms with Gasteiger partial charge < -0.3 is 5.73 Å². The monoisotopic (exact) mass is 276 g/mol. The van der Waals surface area contributed by atoms with Gasteiger partial charge in [-0.2, -0.15) is 0 Å². The summed E-state index contributed by atoms with van der Waals surface area (Å²) in [5.41, 5.74) is 6.08. The summed E-state index contributed by atoms with van der Waals surface area (Å²) in [6.07, 6.45) is 5.76. The van der Waals surface area contributed by atoms with E-state index in [0.717, 1.165) is 19.4 Å². The summed E-state index contributed by atoms with van der Waals surface area (Å²) in [5, 5.41) is 8.22. The average molecular weight is 276 g/mol. The van der Waals surface area contributed by atoms with E-state index in [1.165, 1.54) is 0 Å². The smallest absolute Gasteiger partial charge is 0.382 e. The van der Waals surface area contributed by atoms with Crippen molar-refractivity contribution in [2.45, 2.75) is 25.9 Å². The minimum atomic E-state index is -0.164. The third-order valence-corrected chi connectivity index (χ3v) is 3.62. The first-order chi connectivity index (χ1) is 9.59. The summed E-state index contributed by atoms with van der Waals surface area (Å²) < 4.78 is 7.10. The molecule has 0 atom stereocenters. The van der Waals surface area contributed by atoms with Gasteiger partial charge in [-0.1, -0.05) is 5.11 Å². The number of nitrogens with two attached hydrogens (primary N) is 1. The lowest BCUT2D eigenvalue weighted by Crippen LogP contribution is -2.27. The van der Waals surface area contributed by atoms with Crippen LogP contribution in [-0.2, 0) is 27.2 Å². The number of anilines is 1. The fourth-order valence-corrected chi connectivity index (χ4v) is 2.49. The molecule has 0 aromatic carbocycles. The third kappa shape index (κ3) is 1.84. The van der Waals surface area contributed by atoms with Gasteiger partial charge >= 0.3 is 5.95 Å². The van der Waals surface area contributed by atoms with Crippen molar-refractivity contribution in [2.75, 3.05) is 5.73 Å². The molecule has 0 amide bonds. The summed E-state index contributed by atoms with van der Waals surface area (Å²) in [7, 11) is 3.74. The van der Waals surface area contributed by atoms with Gasteiger partial charge in [0, 0.05) is 18.2 Å². The summed E-state index contributed by atoms with van der Waals surface area (Å²) in [5.74, 6) is 1.05. The Morgan fingerprint density at radius 2 is 1.95 bits per heavy atom. The topological polar surface area (TPSA) is 86.5 Å². The molecule has 2 N–H and O–H groups in total. The second-order valence-electron chi connectivity index (χ2n) is 5.01. The van der Waals surface area contributed by atoms with Crippen molar-refractivity contribution in [1.82, 2.24) is 13.9 Å². The number of imidazole rings is 1. The first-order valence-corrected chi connectivity index (χ1v) is 6.61. The standard InChI is InChI=1S/C12H17N7O/c1-16-7-8-17(2)12(16)15-14-9-10(13)18-5-3-4-6-19(18)11(9)20/h7-8,13H,3-6H2,1-2H3/p+1. The molecule has 0 unspecified atom stereocenters. The zero-order valence-corrected chi connectivity index (χ0v) is 11.7. The Labute approximate surface area is 115 Å². The molecular weight excluding hydrogens is 258 g/mol. The van der Waals surface area contributed by atoms with E-state index in [4.69, 9.17) is 5.73 Å². The van der Waals surface area contributed by atoms with Gasteiger partial charge in [-0.15, -0.1) is 0 Å². The van der Waals surface area contributed by atoms with Gasteiger partial charge in [-0.25, -0.2) is 13.8 Å². The van der Waals surface area contributed by atoms with Crippen molar-refractivity contribution in [3.8, 4) is 0 Å². The van der Waals surface area contributed by atoms with Crippen molar-refractivity contribution in [1.29, 1.82) is 0 Å². The van der Waals surface area contributed by atoms with Gasteiger partial charge in [0.25, 0.3) is 5.56 Å². The van der Waals surface area contributed by atoms with Gasteiger partial charge in [0.15, 0.2) is 5.82 Å². The van der Waals surface area contributed by atoms with Crippen LogP contribution >= 0.6 is 0 Å². The zero-order valence-electron chi connectivity index (χ0n) is 11.7. The van der Waals surface area contributed by atoms with E-state index in [-0.39, 0.29) is 11.2 Å². The molecule has 8 nitrogen and oxygen atoms in total. The second kappa shape index (κ2) is 4.62. The molecule has 0 fully saturated rings. The first kappa shape index (κ1) is 12.6. The van der Waals surface area contributed by atoms with E-state index in [0.29, 0.717) is 18.3 Å². The van der Waals surface area contributed by atoms with Crippen LogP contribution in [0.3, 0.4) is 0 Å². The van der Waals surface area contributed by atoms with Gasteiger partial charge in [-0.3, -0.25) is 9.48 Å². The maximum Gasteiger partial charge on any atom is 0.421 e. The van der Waals surface area contributed by atoms with Gasteiger partial charge in [0.2, 0.25) is 5.69 Å². The van der Waals surface area contributed by atoms with Crippen LogP contribution in [0, 0.1) is 0 Å². The normalized spacial score (nSPS) is 14.9. The molecule has 0 bridgehead atoms. The Bertz CT molecular complexity index is 714. The summed E-state index contributed by atoms with van der Waals surface area (Å²) in [6, 6.07) is 0. The highest BCUT2D eigenvalue weighted by molar-refractivity contribution is 5.56. The number of aromatic nitrogens is 4. The highest BCUT2D eigenvalue weighted by atomic mass is 16.1. The van der Waals surface area contributed by atoms with E-state index in [1.54, 1.807) is 9.36 Å². The van der Waals surface area contributed by atoms with E-state index < -0.39 is 0 Å². The number of nitrogen functional groups attached to an aromatic ring is 1. The van der Waals surface area contributed by atoms with Crippen LogP contribution in [0.4, 0.5) is 17.5 Å². The molecular formula is C12H18N7O+. The predicted octanol–water partition coefficient (Wildman–Crippen LogP) is 0.604. The predicted molar refractivity (Wildman–Crippen MR) is 73.1 cm³/mol. The van der Waals surface area contributed by atoms with Crippen LogP contribution in [0.1, 0.15) is 12.8 Å². The number of rotatable bonds is 2. The maximum absolute atomic E-state index is 12.3. The molecule has 0 saturated carbocycles. The minimum absolute atomic E-state index is 0.164. The second-order valence-corrected chi connectivity index (χ2v) is 5.01. The summed E-state index contributed by atoms with van der Waals surface area (Å²) in [6.45, 7) is 1.45. The molecule has 0 saturated heterocycles. The lowest BCUT2D eigenvalue weighted by atomic mass is 10.3. The Kier molecular flexibility index (Phi) is 2.92. The van der Waals surface area contributed by atoms with E-state index >= 15 is 0 Å². The van der Waals surface area contributed by atoms with Crippen LogP contribution in [0.25, 0.3) is 0 Å². The van der Waals surface area contributed by atoms with E-state index in [9.17, 15) is 4.79 Å². The largest absolute Gasteiger partial charge is 0.421 e. The fourth-order valence-electron chi connectivity index (χ4n) is 2.49. The quantitative estimate of drug-likeness (QED) is 0.643. The molecule has 3 rings (SSSR count). The number of hydrogen-bond acceptors (Lipinski definition) is 4. The Hall–Kier alpha value is -2.38. The molecule has 106 valence electrons. The lowest BCUT2D eigenvalue weighted by Gasteiger charge is -2.17. The molecule has 3 heterocycles. The zero-order chi connectivity index (χ0) is 14.3. The third-order valence-electron chi connectivity index (χ3n) is 3.62. The SMILES string of the molecule is Cn1cc[n+](C)c1N=Nc1c(N)n2n(c1=O)CCCC2. The minimum Gasteiger partial charge on any atom is -0.382 e. The van der Waals surface area contributed by atoms with E-state index in [2.05, 4.69) is 10.2 Å². The molecule has 1 aliphatic rings. The highest BCUT2D eigenvalue weighted by Crippen LogP contribution is 2.23. The van der Waals surface area contributed by atoms with Gasteiger partial charge in [0.05, 0.1) is 26.5 Å². The average Bonchev–Trinajstić information content (AvgIpc) is 2.89. The molecule has 2 aromatic heterocycles. The highest BCUT2D eigenvalue weighted by Gasteiger charge is 2.21. The molecule has 20 heavy (non-hydrogen) atoms. The summed E-state index contributed by atoms with van der Waals surface area (Å²) in [4.78, 5) is 12.3. The summed E-state index contributed by atoms with van der Waals surface area (Å²) >= 11 is 0. The van der Waals surface area contributed by atoms with E-state index in [1.807, 2.05) is 35.6 Å². The molecule has 0 spiro atoms. The number of fused-ring (bicyclic) bond motifs is 1. The number of aryl methyl sites for hydroxylation is 2. The molecule has 8 heteroatoms. The first-order valence-electron chi connectivity index (χ1n) is 6.61. The Balaban J connectivity index is 2.04. The van der Waals surface area contributed by atoms with Crippen molar-refractivity contribution >= 4 is 17.5 Å². The van der Waals surface area contributed by atoms with Crippen molar-refractivity contribution in [2.24, 2.45) is 24.3 Å². The lowest BCUT2D eigenvalue weighted by molar-refractivity contribution is -0.657. The molecule has 0 radical (unpaired) electrons. The van der Waals surface area contributed by atoms with Crippen LogP contribution in [0.5, 0.6) is 0 Å². The van der Waals surface area contributed by atoms with Gasteiger partial charge in [-0.05, 0) is 12.8 Å². The number of hydrogen-bond donors (Lipinski definition) is 1. The Morgan fingerprint density at radius 3 is 2.55 bits per heavy atom. The van der Waals surface area contributed by atoms with Crippen LogP contribution in [0.2, 0.25) is 0 Å². The van der Waals surface area contributed by atoms with Crippen molar-refractivity contribution in [3.63, 3.8) is 0 Å². The molecule has 2 aromatic rings. The van der Waals surface area contributed by atoms with Crippen molar-refractivity contribution in [3.05, 3.63) is 22.7 Å². The van der Waals surface area contributed by atoms with Crippen LogP contribution < -0.4 is 15.9 Å². The van der Waals surface area contributed by atoms with Crippen LogP contribution in [0.15, 0.2) is 27.4 Å². The number of azo groups is 1. The van der Waals surface area contributed by atoms with Crippen molar-refractivity contribution < 1.29 is 4.57 Å². The Morgan fingerprint density at radius 1 is 1.25 bits per heavy atom.